The van der Waals surface area contributed by atoms with Crippen LogP contribution in [0.2, 0.25) is 0 Å². The van der Waals surface area contributed by atoms with Crippen LogP contribution in [0.15, 0.2) is 24.3 Å². The van der Waals surface area contributed by atoms with Crippen LogP contribution < -0.4 is 10.1 Å². The van der Waals surface area contributed by atoms with Gasteiger partial charge in [-0.3, -0.25) is 0 Å². The maximum Gasteiger partial charge on any atom is 0.219 e. The zero-order chi connectivity index (χ0) is 11.0. The van der Waals surface area contributed by atoms with Crippen molar-refractivity contribution in [3.63, 3.8) is 0 Å². The number of aryl methyl sites for hydroxylation is 1. The lowest BCUT2D eigenvalue weighted by Crippen LogP contribution is -2.20. The molecule has 1 aliphatic rings. The molecule has 0 bridgehead atoms. The zero-order valence-corrected chi connectivity index (χ0v) is 9.31. The highest BCUT2D eigenvalue weighted by Gasteiger charge is 2.19. The van der Waals surface area contributed by atoms with Crippen molar-refractivity contribution >= 4 is 10.9 Å². The third kappa shape index (κ3) is 1.55. The highest BCUT2D eigenvalue weighted by molar-refractivity contribution is 5.84. The van der Waals surface area contributed by atoms with E-state index in [9.17, 15) is 0 Å². The van der Waals surface area contributed by atoms with Gasteiger partial charge < -0.3 is 10.1 Å². The van der Waals surface area contributed by atoms with E-state index in [0.29, 0.717) is 0 Å². The van der Waals surface area contributed by atoms with Crippen molar-refractivity contribution in [2.75, 3.05) is 13.1 Å². The molecule has 84 valence electrons. The van der Waals surface area contributed by atoms with E-state index < -0.39 is 0 Å². The molecule has 1 fully saturated rings. The predicted octanol–water partition coefficient (Wildman–Crippen LogP) is 1.31. The first-order chi connectivity index (χ1) is 7.84. The number of nitrogens with one attached hydrogen (secondary N) is 1. The Morgan fingerprint density at radius 1 is 1.44 bits per heavy atom. The largest absolute Gasteiger partial charge is 0.473 e. The van der Waals surface area contributed by atoms with E-state index in [1.807, 2.05) is 29.9 Å². The molecule has 0 radical (unpaired) electrons. The maximum atomic E-state index is 6.00. The molecule has 1 aliphatic heterocycles. The Labute approximate surface area is 94.2 Å². The van der Waals surface area contributed by atoms with Crippen molar-refractivity contribution in [1.82, 2.24) is 15.1 Å². The average Bonchev–Trinajstić information content (AvgIpc) is 2.89. The Balaban J connectivity index is 1.98. The summed E-state index contributed by atoms with van der Waals surface area (Å²) < 4.78 is 7.82. The molecule has 16 heavy (non-hydrogen) atoms. The van der Waals surface area contributed by atoms with Crippen molar-refractivity contribution in [3.8, 4) is 5.88 Å². The van der Waals surface area contributed by atoms with Gasteiger partial charge in [0.1, 0.15) is 6.10 Å². The van der Waals surface area contributed by atoms with Crippen molar-refractivity contribution in [2.45, 2.75) is 12.5 Å². The Hall–Kier alpha value is -1.55. The van der Waals surface area contributed by atoms with Crippen LogP contribution in [0, 0.1) is 0 Å². The van der Waals surface area contributed by atoms with E-state index in [-0.39, 0.29) is 6.10 Å². The third-order valence-electron chi connectivity index (χ3n) is 2.98. The standard InChI is InChI=1S/C12H15N3O/c1-15-12(16-9-6-7-13-8-9)10-4-2-3-5-11(10)14-15/h2-5,9,13H,6-8H2,1H3. The summed E-state index contributed by atoms with van der Waals surface area (Å²) in [7, 11) is 1.93. The molecule has 4 nitrogen and oxygen atoms in total. The van der Waals surface area contributed by atoms with Gasteiger partial charge in [0, 0.05) is 13.6 Å². The molecule has 0 amide bonds. The van der Waals surface area contributed by atoms with E-state index in [1.165, 1.54) is 0 Å². The molecule has 1 saturated heterocycles. The number of benzene rings is 1. The van der Waals surface area contributed by atoms with Gasteiger partial charge in [-0.1, -0.05) is 12.1 Å². The van der Waals surface area contributed by atoms with Crippen LogP contribution in [0.25, 0.3) is 10.9 Å². The second kappa shape index (κ2) is 3.79. The summed E-state index contributed by atoms with van der Waals surface area (Å²) in [6, 6.07) is 8.08. The lowest BCUT2D eigenvalue weighted by Gasteiger charge is -2.12. The molecule has 2 heterocycles. The molecule has 0 spiro atoms. The summed E-state index contributed by atoms with van der Waals surface area (Å²) in [6.45, 7) is 1.97. The number of hydrogen-bond acceptors (Lipinski definition) is 3. The quantitative estimate of drug-likeness (QED) is 0.824. The fraction of sp³-hybridized carbons (Fsp3) is 0.417. The first-order valence-corrected chi connectivity index (χ1v) is 5.64. The fourth-order valence-electron chi connectivity index (χ4n) is 2.15. The summed E-state index contributed by atoms with van der Waals surface area (Å²) in [6.07, 6.45) is 1.35. The summed E-state index contributed by atoms with van der Waals surface area (Å²) >= 11 is 0. The minimum absolute atomic E-state index is 0.277. The third-order valence-corrected chi connectivity index (χ3v) is 2.98. The van der Waals surface area contributed by atoms with E-state index in [1.54, 1.807) is 0 Å². The fourth-order valence-corrected chi connectivity index (χ4v) is 2.15. The van der Waals surface area contributed by atoms with E-state index in [0.717, 1.165) is 36.3 Å². The molecule has 1 unspecified atom stereocenters. The van der Waals surface area contributed by atoms with Crippen LogP contribution in [-0.4, -0.2) is 29.0 Å². The Morgan fingerprint density at radius 2 is 2.31 bits per heavy atom. The van der Waals surface area contributed by atoms with Gasteiger partial charge in [-0.2, -0.15) is 5.10 Å². The topological polar surface area (TPSA) is 39.1 Å². The number of fused-ring (bicyclic) bond motifs is 1. The average molecular weight is 217 g/mol. The zero-order valence-electron chi connectivity index (χ0n) is 9.31. The van der Waals surface area contributed by atoms with Crippen LogP contribution in [-0.2, 0) is 7.05 Å². The van der Waals surface area contributed by atoms with Gasteiger partial charge >= 0.3 is 0 Å². The molecule has 3 rings (SSSR count). The monoisotopic (exact) mass is 217 g/mol. The maximum absolute atomic E-state index is 6.00. The second-order valence-corrected chi connectivity index (χ2v) is 4.18. The van der Waals surface area contributed by atoms with Crippen LogP contribution in [0.5, 0.6) is 5.88 Å². The summed E-state index contributed by atoms with van der Waals surface area (Å²) in [5.41, 5.74) is 0.992. The Kier molecular flexibility index (Phi) is 2.29. The van der Waals surface area contributed by atoms with Crippen molar-refractivity contribution < 1.29 is 4.74 Å². The van der Waals surface area contributed by atoms with Crippen LogP contribution >= 0.6 is 0 Å². The van der Waals surface area contributed by atoms with Crippen LogP contribution in [0.1, 0.15) is 6.42 Å². The number of aromatic nitrogens is 2. The highest BCUT2D eigenvalue weighted by atomic mass is 16.5. The normalized spacial score (nSPS) is 20.4. The number of hydrogen-bond donors (Lipinski definition) is 1. The van der Waals surface area contributed by atoms with Crippen molar-refractivity contribution in [3.05, 3.63) is 24.3 Å². The van der Waals surface area contributed by atoms with Gasteiger partial charge in [0.05, 0.1) is 10.9 Å². The highest BCUT2D eigenvalue weighted by Crippen LogP contribution is 2.26. The van der Waals surface area contributed by atoms with Crippen LogP contribution in [0.3, 0.4) is 0 Å². The predicted molar refractivity (Wildman–Crippen MR) is 62.6 cm³/mol. The van der Waals surface area contributed by atoms with Crippen molar-refractivity contribution in [2.24, 2.45) is 7.05 Å². The molecule has 1 atom stereocenters. The lowest BCUT2D eigenvalue weighted by atomic mass is 10.2. The minimum atomic E-state index is 0.277. The van der Waals surface area contributed by atoms with Crippen molar-refractivity contribution in [1.29, 1.82) is 0 Å². The van der Waals surface area contributed by atoms with Gasteiger partial charge in [0.2, 0.25) is 5.88 Å². The summed E-state index contributed by atoms with van der Waals surface area (Å²) in [4.78, 5) is 0. The Morgan fingerprint density at radius 3 is 3.12 bits per heavy atom. The van der Waals surface area contributed by atoms with Gasteiger partial charge in [0.25, 0.3) is 0 Å². The lowest BCUT2D eigenvalue weighted by molar-refractivity contribution is 0.207. The number of ether oxygens (including phenoxy) is 1. The number of nitrogens with zero attached hydrogens (tertiary/aromatic N) is 2. The first kappa shape index (κ1) is 9.66. The molecule has 0 aliphatic carbocycles. The van der Waals surface area contributed by atoms with E-state index >= 15 is 0 Å². The first-order valence-electron chi connectivity index (χ1n) is 5.64. The number of rotatable bonds is 2. The Bertz CT molecular complexity index is 500. The molecule has 4 heteroatoms. The SMILES string of the molecule is Cn1nc2ccccc2c1OC1CCNC1. The molecular weight excluding hydrogens is 202 g/mol. The van der Waals surface area contributed by atoms with E-state index in [4.69, 9.17) is 4.74 Å². The minimum Gasteiger partial charge on any atom is -0.473 e. The second-order valence-electron chi connectivity index (χ2n) is 4.18. The summed E-state index contributed by atoms with van der Waals surface area (Å²) in [5, 5.41) is 8.82. The molecule has 1 aromatic heterocycles. The van der Waals surface area contributed by atoms with Gasteiger partial charge in [-0.25, -0.2) is 4.68 Å². The molecule has 0 saturated carbocycles. The van der Waals surface area contributed by atoms with Gasteiger partial charge in [0.15, 0.2) is 0 Å². The molecule has 1 N–H and O–H groups in total. The van der Waals surface area contributed by atoms with Gasteiger partial charge in [-0.15, -0.1) is 0 Å². The van der Waals surface area contributed by atoms with Crippen LogP contribution in [0.4, 0.5) is 0 Å². The summed E-state index contributed by atoms with van der Waals surface area (Å²) in [5.74, 6) is 0.879. The molecule has 1 aromatic carbocycles. The van der Waals surface area contributed by atoms with Gasteiger partial charge in [-0.05, 0) is 25.1 Å². The van der Waals surface area contributed by atoms with E-state index in [2.05, 4.69) is 16.5 Å². The molecule has 2 aromatic rings. The smallest absolute Gasteiger partial charge is 0.219 e. The molecular formula is C12H15N3O.